The number of aliphatic hydroxyl groups excluding tert-OH is 1. The number of benzene rings is 1. The largest absolute Gasteiger partial charge is 0.388 e. The molecule has 2 unspecified atom stereocenters. The standard InChI is InChI=1S/C20H24N4O4/c1-14-10-23(11-15(2)28-14)20(27)24(19-21-8-3-9-22-19)12-16-4-6-17(7-5-16)18(26)13-25/h3-9,14-15,25H,10-13H2,1-2H3. The molecule has 1 aliphatic rings. The van der Waals surface area contributed by atoms with Crippen molar-refractivity contribution < 1.29 is 19.4 Å². The van der Waals surface area contributed by atoms with Crippen molar-refractivity contribution in [1.82, 2.24) is 14.9 Å². The van der Waals surface area contributed by atoms with E-state index in [1.165, 1.54) is 4.90 Å². The predicted octanol–water partition coefficient (Wildman–Crippen LogP) is 1.89. The van der Waals surface area contributed by atoms with Crippen molar-refractivity contribution in [1.29, 1.82) is 0 Å². The van der Waals surface area contributed by atoms with Gasteiger partial charge in [0.15, 0.2) is 5.78 Å². The average molecular weight is 384 g/mol. The number of nitrogens with zero attached hydrogens (tertiary/aromatic N) is 4. The second-order valence-electron chi connectivity index (χ2n) is 6.86. The fourth-order valence-corrected chi connectivity index (χ4v) is 3.23. The Hall–Kier alpha value is -2.84. The summed E-state index contributed by atoms with van der Waals surface area (Å²) >= 11 is 0. The topological polar surface area (TPSA) is 95.9 Å². The lowest BCUT2D eigenvalue weighted by molar-refractivity contribution is -0.0538. The number of aliphatic hydroxyl groups is 1. The number of rotatable bonds is 5. The normalized spacial score (nSPS) is 19.3. The summed E-state index contributed by atoms with van der Waals surface area (Å²) in [5, 5.41) is 8.98. The molecule has 0 bridgehead atoms. The molecular weight excluding hydrogens is 360 g/mol. The molecule has 8 nitrogen and oxygen atoms in total. The zero-order valence-electron chi connectivity index (χ0n) is 16.0. The van der Waals surface area contributed by atoms with Gasteiger partial charge in [-0.05, 0) is 25.5 Å². The lowest BCUT2D eigenvalue weighted by Crippen LogP contribution is -2.53. The van der Waals surface area contributed by atoms with Gasteiger partial charge in [-0.15, -0.1) is 0 Å². The molecule has 1 aromatic heterocycles. The van der Waals surface area contributed by atoms with Crippen molar-refractivity contribution in [2.75, 3.05) is 24.6 Å². The maximum Gasteiger partial charge on any atom is 0.327 e. The monoisotopic (exact) mass is 384 g/mol. The highest BCUT2D eigenvalue weighted by molar-refractivity contribution is 5.97. The van der Waals surface area contributed by atoms with Gasteiger partial charge in [0.1, 0.15) is 6.61 Å². The number of carbonyl (C=O) groups excluding carboxylic acids is 2. The number of urea groups is 1. The van der Waals surface area contributed by atoms with Gasteiger partial charge in [-0.2, -0.15) is 0 Å². The molecule has 0 spiro atoms. The number of Topliss-reactive ketones (excluding diaryl/α,β-unsaturated/α-hetero) is 1. The zero-order chi connectivity index (χ0) is 20.1. The molecule has 1 fully saturated rings. The number of hydrogen-bond donors (Lipinski definition) is 1. The highest BCUT2D eigenvalue weighted by atomic mass is 16.5. The number of anilines is 1. The molecule has 0 aliphatic carbocycles. The minimum atomic E-state index is -0.533. The lowest BCUT2D eigenvalue weighted by Gasteiger charge is -2.37. The highest BCUT2D eigenvalue weighted by Gasteiger charge is 2.30. The Bertz CT molecular complexity index is 803. The summed E-state index contributed by atoms with van der Waals surface area (Å²) in [5.41, 5.74) is 1.25. The van der Waals surface area contributed by atoms with Crippen LogP contribution in [0.25, 0.3) is 0 Å². The van der Waals surface area contributed by atoms with Crippen LogP contribution >= 0.6 is 0 Å². The highest BCUT2D eigenvalue weighted by Crippen LogP contribution is 2.18. The van der Waals surface area contributed by atoms with Crippen LogP contribution < -0.4 is 4.90 Å². The predicted molar refractivity (Wildman–Crippen MR) is 103 cm³/mol. The molecule has 2 amide bonds. The summed E-state index contributed by atoms with van der Waals surface area (Å²) < 4.78 is 5.72. The summed E-state index contributed by atoms with van der Waals surface area (Å²) in [6.45, 7) is 4.60. The van der Waals surface area contributed by atoms with Gasteiger partial charge in [-0.25, -0.2) is 14.8 Å². The summed E-state index contributed by atoms with van der Waals surface area (Å²) in [6.07, 6.45) is 3.09. The van der Waals surface area contributed by atoms with E-state index in [2.05, 4.69) is 9.97 Å². The van der Waals surface area contributed by atoms with Crippen LogP contribution in [0.15, 0.2) is 42.7 Å². The molecule has 1 saturated heterocycles. The van der Waals surface area contributed by atoms with Crippen molar-refractivity contribution in [2.45, 2.75) is 32.6 Å². The van der Waals surface area contributed by atoms with Crippen LogP contribution in [-0.2, 0) is 11.3 Å². The molecule has 2 heterocycles. The molecule has 148 valence electrons. The van der Waals surface area contributed by atoms with Gasteiger partial charge in [0.05, 0.1) is 18.8 Å². The van der Waals surface area contributed by atoms with Crippen molar-refractivity contribution in [3.8, 4) is 0 Å². The molecule has 1 aromatic carbocycles. The molecule has 2 atom stereocenters. The Kier molecular flexibility index (Phi) is 6.33. The van der Waals surface area contributed by atoms with Gasteiger partial charge in [-0.3, -0.25) is 9.69 Å². The third-order valence-electron chi connectivity index (χ3n) is 4.47. The summed E-state index contributed by atoms with van der Waals surface area (Å²) in [6, 6.07) is 8.31. The van der Waals surface area contributed by atoms with E-state index in [9.17, 15) is 9.59 Å². The van der Waals surface area contributed by atoms with Gasteiger partial charge in [0.2, 0.25) is 5.95 Å². The van der Waals surface area contributed by atoms with Crippen LogP contribution in [0, 0.1) is 0 Å². The first kappa shape index (κ1) is 19.9. The third kappa shape index (κ3) is 4.71. The smallest absolute Gasteiger partial charge is 0.327 e. The number of carbonyl (C=O) groups is 2. The molecule has 3 rings (SSSR count). The van der Waals surface area contributed by atoms with E-state index in [1.807, 2.05) is 13.8 Å². The molecule has 2 aromatic rings. The molecular formula is C20H24N4O4. The summed E-state index contributed by atoms with van der Waals surface area (Å²) in [7, 11) is 0. The maximum absolute atomic E-state index is 13.2. The first-order valence-electron chi connectivity index (χ1n) is 9.20. The second-order valence-corrected chi connectivity index (χ2v) is 6.86. The van der Waals surface area contributed by atoms with Crippen LogP contribution in [0.2, 0.25) is 0 Å². The molecule has 0 radical (unpaired) electrons. The molecule has 1 aliphatic heterocycles. The molecule has 1 N–H and O–H groups in total. The number of amides is 2. The number of ether oxygens (including phenoxy) is 1. The van der Waals surface area contributed by atoms with Crippen LogP contribution in [0.4, 0.5) is 10.7 Å². The molecule has 0 saturated carbocycles. The van der Waals surface area contributed by atoms with Crippen molar-refractivity contribution >= 4 is 17.8 Å². The quantitative estimate of drug-likeness (QED) is 0.791. The van der Waals surface area contributed by atoms with Crippen molar-refractivity contribution in [2.24, 2.45) is 0 Å². The minimum absolute atomic E-state index is 0.0463. The Morgan fingerprint density at radius 1 is 1.14 bits per heavy atom. The second kappa shape index (κ2) is 8.90. The number of hydrogen-bond acceptors (Lipinski definition) is 6. The molecule has 8 heteroatoms. The van der Waals surface area contributed by atoms with Crippen LogP contribution in [-0.4, -0.2) is 63.7 Å². The molecule has 28 heavy (non-hydrogen) atoms. The Balaban J connectivity index is 1.83. The van der Waals surface area contributed by atoms with Crippen molar-refractivity contribution in [3.63, 3.8) is 0 Å². The summed E-state index contributed by atoms with van der Waals surface area (Å²) in [4.78, 5) is 36.6. The average Bonchev–Trinajstić information content (AvgIpc) is 2.71. The Morgan fingerprint density at radius 2 is 1.75 bits per heavy atom. The first-order valence-corrected chi connectivity index (χ1v) is 9.20. The van der Waals surface area contributed by atoms with E-state index >= 15 is 0 Å². The fourth-order valence-electron chi connectivity index (χ4n) is 3.23. The lowest BCUT2D eigenvalue weighted by atomic mass is 10.1. The van der Waals surface area contributed by atoms with Gasteiger partial charge in [-0.1, -0.05) is 24.3 Å². The number of morpholine rings is 1. The minimum Gasteiger partial charge on any atom is -0.388 e. The van der Waals surface area contributed by atoms with Crippen molar-refractivity contribution in [3.05, 3.63) is 53.9 Å². The SMILES string of the molecule is CC1CN(C(=O)N(Cc2ccc(C(=O)CO)cc2)c2ncccn2)CC(C)O1. The van der Waals surface area contributed by atoms with E-state index in [-0.39, 0.29) is 30.6 Å². The van der Waals surface area contributed by atoms with Gasteiger partial charge >= 0.3 is 6.03 Å². The Labute approximate surface area is 163 Å². The van der Waals surface area contributed by atoms with Crippen LogP contribution in [0.5, 0.6) is 0 Å². The van der Waals surface area contributed by atoms with Crippen LogP contribution in [0.3, 0.4) is 0 Å². The van der Waals surface area contributed by atoms with Gasteiger partial charge < -0.3 is 14.7 Å². The number of aromatic nitrogens is 2. The van der Waals surface area contributed by atoms with E-state index < -0.39 is 6.61 Å². The van der Waals surface area contributed by atoms with E-state index in [4.69, 9.17) is 9.84 Å². The maximum atomic E-state index is 13.2. The van der Waals surface area contributed by atoms with E-state index in [0.29, 0.717) is 24.6 Å². The Morgan fingerprint density at radius 3 is 2.32 bits per heavy atom. The number of ketones is 1. The summed E-state index contributed by atoms with van der Waals surface area (Å²) in [5.74, 6) is -0.0306. The van der Waals surface area contributed by atoms with Crippen LogP contribution in [0.1, 0.15) is 29.8 Å². The van der Waals surface area contributed by atoms with Gasteiger partial charge in [0, 0.05) is 31.0 Å². The van der Waals surface area contributed by atoms with Gasteiger partial charge in [0.25, 0.3) is 0 Å². The third-order valence-corrected chi connectivity index (χ3v) is 4.47. The zero-order valence-corrected chi connectivity index (χ0v) is 16.0. The van der Waals surface area contributed by atoms with E-state index in [1.54, 1.807) is 47.6 Å². The van der Waals surface area contributed by atoms with E-state index in [0.717, 1.165) is 5.56 Å². The first-order chi connectivity index (χ1) is 13.5. The fraction of sp³-hybridized carbons (Fsp3) is 0.400.